The zero-order valence-corrected chi connectivity index (χ0v) is 12.9. The van der Waals surface area contributed by atoms with Crippen molar-refractivity contribution >= 4 is 38.6 Å². The maximum Gasteiger partial charge on any atom is 0.325 e. The molecule has 6 nitrogen and oxygen atoms in total. The molecule has 1 heterocycles. The second-order valence-corrected chi connectivity index (χ2v) is 5.90. The lowest BCUT2D eigenvalue weighted by Gasteiger charge is -2.25. The van der Waals surface area contributed by atoms with Crippen molar-refractivity contribution in [2.45, 2.75) is 19.9 Å². The number of nitrogens with two attached hydrogens (primary N) is 1. The van der Waals surface area contributed by atoms with Crippen LogP contribution in [0.25, 0.3) is 10.2 Å². The number of amides is 1. The molecule has 0 aliphatic carbocycles. The molecule has 112 valence electrons. The summed E-state index contributed by atoms with van der Waals surface area (Å²) < 4.78 is 5.48. The van der Waals surface area contributed by atoms with E-state index in [4.69, 9.17) is 5.73 Å². The van der Waals surface area contributed by atoms with Crippen LogP contribution in [0.3, 0.4) is 0 Å². The molecule has 2 aromatic rings. The summed E-state index contributed by atoms with van der Waals surface area (Å²) in [6.45, 7) is 3.63. The van der Waals surface area contributed by atoms with Crippen molar-refractivity contribution in [2.24, 2.45) is 0 Å². The van der Waals surface area contributed by atoms with E-state index in [0.29, 0.717) is 10.7 Å². The van der Waals surface area contributed by atoms with E-state index in [1.54, 1.807) is 18.2 Å². The first-order valence-corrected chi connectivity index (χ1v) is 7.28. The number of rotatable bonds is 4. The zero-order valence-electron chi connectivity index (χ0n) is 12.1. The maximum atomic E-state index is 12.6. The molecule has 0 atom stereocenters. The molecule has 0 saturated carbocycles. The van der Waals surface area contributed by atoms with Crippen LogP contribution < -0.4 is 5.73 Å². The minimum Gasteiger partial charge on any atom is -0.468 e. The first-order valence-electron chi connectivity index (χ1n) is 6.46. The lowest BCUT2D eigenvalue weighted by atomic mass is 10.1. The van der Waals surface area contributed by atoms with Gasteiger partial charge in [-0.25, -0.2) is 4.98 Å². The summed E-state index contributed by atoms with van der Waals surface area (Å²) in [6.07, 6.45) is 0. The first-order chi connectivity index (χ1) is 9.92. The highest BCUT2D eigenvalue weighted by molar-refractivity contribution is 7.22. The van der Waals surface area contributed by atoms with Gasteiger partial charge in [0.2, 0.25) is 0 Å². The Morgan fingerprint density at radius 3 is 2.76 bits per heavy atom. The lowest BCUT2D eigenvalue weighted by molar-refractivity contribution is -0.141. The lowest BCUT2D eigenvalue weighted by Crippen LogP contribution is -2.41. The van der Waals surface area contributed by atoms with E-state index in [2.05, 4.69) is 9.72 Å². The van der Waals surface area contributed by atoms with E-state index in [0.717, 1.165) is 10.2 Å². The van der Waals surface area contributed by atoms with Crippen molar-refractivity contribution in [2.75, 3.05) is 19.4 Å². The van der Waals surface area contributed by atoms with Crippen LogP contribution in [-0.2, 0) is 9.53 Å². The third kappa shape index (κ3) is 3.30. The number of carbonyl (C=O) groups excluding carboxylic acids is 2. The Morgan fingerprint density at radius 1 is 1.43 bits per heavy atom. The molecule has 0 unspecified atom stereocenters. The highest BCUT2D eigenvalue weighted by atomic mass is 32.1. The predicted octanol–water partition coefficient (Wildman–Crippen LogP) is 1.90. The van der Waals surface area contributed by atoms with Gasteiger partial charge >= 0.3 is 5.97 Å². The Balaban J connectivity index is 2.31. The summed E-state index contributed by atoms with van der Waals surface area (Å²) >= 11 is 1.33. The van der Waals surface area contributed by atoms with Crippen molar-refractivity contribution in [3.63, 3.8) is 0 Å². The van der Waals surface area contributed by atoms with Gasteiger partial charge in [0.15, 0.2) is 5.13 Å². The number of nitrogen functional groups attached to an aromatic ring is 1. The van der Waals surface area contributed by atoms with Gasteiger partial charge in [0.1, 0.15) is 6.54 Å². The van der Waals surface area contributed by atoms with Crippen molar-refractivity contribution in [1.29, 1.82) is 0 Å². The van der Waals surface area contributed by atoms with Crippen LogP contribution in [0.15, 0.2) is 18.2 Å². The Bertz CT molecular complexity index is 681. The number of ether oxygens (including phenoxy) is 1. The normalized spacial score (nSPS) is 10.9. The summed E-state index contributed by atoms with van der Waals surface area (Å²) in [4.78, 5) is 29.6. The van der Waals surface area contributed by atoms with Crippen LogP contribution in [0.4, 0.5) is 5.13 Å². The number of methoxy groups -OCH3 is 1. The molecule has 0 aliphatic rings. The number of fused-ring (bicyclic) bond motifs is 1. The summed E-state index contributed by atoms with van der Waals surface area (Å²) in [5, 5.41) is 0.463. The number of benzene rings is 1. The third-order valence-corrected chi connectivity index (χ3v) is 3.91. The number of hydrogen-bond acceptors (Lipinski definition) is 6. The highest BCUT2D eigenvalue weighted by Gasteiger charge is 2.22. The van der Waals surface area contributed by atoms with E-state index in [-0.39, 0.29) is 18.5 Å². The van der Waals surface area contributed by atoms with Gasteiger partial charge < -0.3 is 15.4 Å². The number of nitrogens with zero attached hydrogens (tertiary/aromatic N) is 2. The molecule has 0 spiro atoms. The van der Waals surface area contributed by atoms with Crippen LogP contribution >= 0.6 is 11.3 Å². The average Bonchev–Trinajstić information content (AvgIpc) is 2.82. The van der Waals surface area contributed by atoms with Crippen molar-refractivity contribution in [3.05, 3.63) is 23.8 Å². The Hall–Kier alpha value is -2.15. The molecular formula is C14H17N3O3S. The predicted molar refractivity (Wildman–Crippen MR) is 82.2 cm³/mol. The fourth-order valence-corrected chi connectivity index (χ4v) is 2.71. The van der Waals surface area contributed by atoms with Gasteiger partial charge in [-0.15, -0.1) is 0 Å². The van der Waals surface area contributed by atoms with Gasteiger partial charge in [-0.3, -0.25) is 9.59 Å². The number of carbonyl (C=O) groups is 2. The van der Waals surface area contributed by atoms with E-state index in [1.165, 1.54) is 23.3 Å². The molecule has 0 bridgehead atoms. The maximum absolute atomic E-state index is 12.6. The SMILES string of the molecule is COC(=O)CN(C(=O)c1ccc2nc(N)sc2c1)C(C)C. The Morgan fingerprint density at radius 2 is 2.14 bits per heavy atom. The summed E-state index contributed by atoms with van der Waals surface area (Å²) in [7, 11) is 1.30. The third-order valence-electron chi connectivity index (χ3n) is 3.06. The quantitative estimate of drug-likeness (QED) is 0.872. The monoisotopic (exact) mass is 307 g/mol. The van der Waals surface area contributed by atoms with Gasteiger partial charge in [-0.2, -0.15) is 0 Å². The number of aromatic nitrogens is 1. The first kappa shape index (κ1) is 15.2. The molecule has 21 heavy (non-hydrogen) atoms. The molecule has 2 N–H and O–H groups in total. The molecule has 0 radical (unpaired) electrons. The molecular weight excluding hydrogens is 290 g/mol. The summed E-state index contributed by atoms with van der Waals surface area (Å²) in [5.41, 5.74) is 6.93. The van der Waals surface area contributed by atoms with Crippen LogP contribution in [0, 0.1) is 0 Å². The molecule has 1 aromatic carbocycles. The Kier molecular flexibility index (Phi) is 4.42. The van der Waals surface area contributed by atoms with Gasteiger partial charge in [0.05, 0.1) is 17.3 Å². The number of thiazole rings is 1. The molecule has 0 aliphatic heterocycles. The van der Waals surface area contributed by atoms with Gasteiger partial charge in [-0.1, -0.05) is 11.3 Å². The summed E-state index contributed by atoms with van der Waals surface area (Å²) in [5.74, 6) is -0.663. The fraction of sp³-hybridized carbons (Fsp3) is 0.357. The molecule has 1 amide bonds. The van der Waals surface area contributed by atoms with Crippen molar-refractivity contribution in [1.82, 2.24) is 9.88 Å². The van der Waals surface area contributed by atoms with Crippen LogP contribution in [0.5, 0.6) is 0 Å². The zero-order chi connectivity index (χ0) is 15.6. The van der Waals surface area contributed by atoms with E-state index in [1.807, 2.05) is 13.8 Å². The van der Waals surface area contributed by atoms with Crippen LogP contribution in [0.1, 0.15) is 24.2 Å². The van der Waals surface area contributed by atoms with Crippen LogP contribution in [-0.4, -0.2) is 41.5 Å². The molecule has 2 rings (SSSR count). The van der Waals surface area contributed by atoms with Crippen molar-refractivity contribution < 1.29 is 14.3 Å². The highest BCUT2D eigenvalue weighted by Crippen LogP contribution is 2.25. The number of esters is 1. The standard InChI is InChI=1S/C14H17N3O3S/c1-8(2)17(7-12(18)20-3)13(19)9-4-5-10-11(6-9)21-14(15)16-10/h4-6,8H,7H2,1-3H3,(H2,15,16). The minimum absolute atomic E-state index is 0.0735. The molecule has 0 fully saturated rings. The number of anilines is 1. The smallest absolute Gasteiger partial charge is 0.325 e. The minimum atomic E-state index is -0.444. The molecule has 7 heteroatoms. The fourth-order valence-electron chi connectivity index (χ4n) is 1.93. The Labute approximate surface area is 126 Å². The molecule has 1 aromatic heterocycles. The second-order valence-electron chi connectivity index (χ2n) is 4.84. The number of hydrogen-bond donors (Lipinski definition) is 1. The van der Waals surface area contributed by atoms with Gasteiger partial charge in [0, 0.05) is 11.6 Å². The largest absolute Gasteiger partial charge is 0.468 e. The topological polar surface area (TPSA) is 85.5 Å². The van der Waals surface area contributed by atoms with Gasteiger partial charge in [0.25, 0.3) is 5.91 Å². The van der Waals surface area contributed by atoms with Crippen molar-refractivity contribution in [3.8, 4) is 0 Å². The van der Waals surface area contributed by atoms with E-state index < -0.39 is 5.97 Å². The molecule has 0 saturated heterocycles. The average molecular weight is 307 g/mol. The van der Waals surface area contributed by atoms with Gasteiger partial charge in [-0.05, 0) is 32.0 Å². The summed E-state index contributed by atoms with van der Waals surface area (Å²) in [6, 6.07) is 5.08. The second kappa shape index (κ2) is 6.09. The van der Waals surface area contributed by atoms with Crippen LogP contribution in [0.2, 0.25) is 0 Å². The van der Waals surface area contributed by atoms with E-state index in [9.17, 15) is 9.59 Å². The van der Waals surface area contributed by atoms with E-state index >= 15 is 0 Å².